The predicted octanol–water partition coefficient (Wildman–Crippen LogP) is 0.243. The Kier molecular flexibility index (Phi) is 4.87. The number of hydrogen-bond donors (Lipinski definition) is 3. The molecular formula is C21H26N5O3+. The molecule has 1 unspecified atom stereocenters. The fraction of sp³-hybridized carbons (Fsp3) is 0.381. The highest BCUT2D eigenvalue weighted by Gasteiger charge is 2.50. The number of carbonyl (C=O) groups is 3. The standard InChI is InChI=1S/C21H25N5O3/c1-21(15-8-4-3-5-9-15)19(28)26(20(29)22-21)23-18(27)14-25-13-7-11-17(25)16-10-6-12-24(16)2/h3-6,8-10,12,17H,7,11,13-14H2,1-2H3,(H,22,29)(H,23,27)/p+1/t17-,21-/m0/s1. The number of hydrogen-bond acceptors (Lipinski definition) is 3. The van der Waals surface area contributed by atoms with Gasteiger partial charge in [0.25, 0.3) is 11.8 Å². The van der Waals surface area contributed by atoms with Crippen molar-refractivity contribution in [1.82, 2.24) is 20.3 Å². The third kappa shape index (κ3) is 3.40. The van der Waals surface area contributed by atoms with Crippen LogP contribution < -0.4 is 15.6 Å². The molecule has 1 aromatic heterocycles. The maximum Gasteiger partial charge on any atom is 0.344 e. The van der Waals surface area contributed by atoms with Crippen molar-refractivity contribution < 1.29 is 19.3 Å². The van der Waals surface area contributed by atoms with Crippen LogP contribution in [0.1, 0.15) is 37.1 Å². The van der Waals surface area contributed by atoms with E-state index in [0.29, 0.717) is 5.56 Å². The number of amides is 4. The second kappa shape index (κ2) is 7.36. The Bertz CT molecular complexity index is 941. The number of imide groups is 1. The largest absolute Gasteiger partial charge is 0.350 e. The van der Waals surface area contributed by atoms with Crippen LogP contribution in [0, 0.1) is 0 Å². The summed E-state index contributed by atoms with van der Waals surface area (Å²) in [6.45, 7) is 2.73. The van der Waals surface area contributed by atoms with Crippen LogP contribution in [0.4, 0.5) is 4.79 Å². The summed E-state index contributed by atoms with van der Waals surface area (Å²) in [5.74, 6) is -0.834. The Labute approximate surface area is 169 Å². The lowest BCUT2D eigenvalue weighted by Gasteiger charge is -2.24. The minimum atomic E-state index is -1.20. The van der Waals surface area contributed by atoms with Crippen LogP contribution in [-0.2, 0) is 22.2 Å². The summed E-state index contributed by atoms with van der Waals surface area (Å²) in [4.78, 5) is 39.2. The van der Waals surface area contributed by atoms with Crippen LogP contribution in [0.15, 0.2) is 48.7 Å². The van der Waals surface area contributed by atoms with Crippen molar-refractivity contribution in [3.63, 3.8) is 0 Å². The fourth-order valence-electron chi connectivity index (χ4n) is 4.39. The zero-order valence-electron chi connectivity index (χ0n) is 16.6. The minimum absolute atomic E-state index is 0.203. The summed E-state index contributed by atoms with van der Waals surface area (Å²) in [6.07, 6.45) is 4.05. The lowest BCUT2D eigenvalue weighted by molar-refractivity contribution is -0.911. The van der Waals surface area contributed by atoms with Gasteiger partial charge in [-0.1, -0.05) is 30.3 Å². The molecule has 0 aliphatic carbocycles. The quantitative estimate of drug-likeness (QED) is 0.633. The zero-order valence-corrected chi connectivity index (χ0v) is 16.6. The molecule has 152 valence electrons. The highest BCUT2D eigenvalue weighted by Crippen LogP contribution is 2.27. The summed E-state index contributed by atoms with van der Waals surface area (Å²) in [6, 6.07) is 12.7. The molecule has 0 spiro atoms. The average Bonchev–Trinajstić information content (AvgIpc) is 3.38. The van der Waals surface area contributed by atoms with Crippen LogP contribution in [0.5, 0.6) is 0 Å². The van der Waals surface area contributed by atoms with Crippen molar-refractivity contribution >= 4 is 17.8 Å². The number of hydrazine groups is 1. The number of nitrogens with one attached hydrogen (secondary N) is 3. The van der Waals surface area contributed by atoms with Crippen molar-refractivity contribution in [2.24, 2.45) is 7.05 Å². The van der Waals surface area contributed by atoms with E-state index >= 15 is 0 Å². The van der Waals surface area contributed by atoms with Crippen LogP contribution in [0.3, 0.4) is 0 Å². The Morgan fingerprint density at radius 2 is 2.00 bits per heavy atom. The SMILES string of the molecule is Cn1cccc1[C@@H]1CCC[NH+]1CC(=O)NN1C(=O)N[C@@](C)(c2ccccc2)C1=O. The molecular weight excluding hydrogens is 370 g/mol. The summed E-state index contributed by atoms with van der Waals surface area (Å²) < 4.78 is 2.08. The lowest BCUT2D eigenvalue weighted by Crippen LogP contribution is -3.11. The molecule has 0 saturated carbocycles. The van der Waals surface area contributed by atoms with Gasteiger partial charge >= 0.3 is 6.03 Å². The van der Waals surface area contributed by atoms with Crippen molar-refractivity contribution in [3.8, 4) is 0 Å². The summed E-state index contributed by atoms with van der Waals surface area (Å²) >= 11 is 0. The first-order valence-corrected chi connectivity index (χ1v) is 9.87. The van der Waals surface area contributed by atoms with Gasteiger partial charge in [-0.25, -0.2) is 4.79 Å². The molecule has 2 aromatic rings. The molecule has 4 amide bonds. The molecule has 8 heteroatoms. The van der Waals surface area contributed by atoms with E-state index in [0.717, 1.165) is 29.3 Å². The fourth-order valence-corrected chi connectivity index (χ4v) is 4.39. The van der Waals surface area contributed by atoms with Crippen molar-refractivity contribution in [3.05, 3.63) is 59.9 Å². The Morgan fingerprint density at radius 3 is 2.69 bits per heavy atom. The van der Waals surface area contributed by atoms with E-state index in [1.54, 1.807) is 19.1 Å². The molecule has 3 heterocycles. The third-order valence-corrected chi connectivity index (χ3v) is 5.99. The molecule has 2 fully saturated rings. The second-order valence-electron chi connectivity index (χ2n) is 7.92. The van der Waals surface area contributed by atoms with Gasteiger partial charge in [0, 0.05) is 26.1 Å². The van der Waals surface area contributed by atoms with Crippen molar-refractivity contribution in [2.75, 3.05) is 13.1 Å². The van der Waals surface area contributed by atoms with Crippen LogP contribution in [0.25, 0.3) is 0 Å². The van der Waals surface area contributed by atoms with Gasteiger partial charge in [0.05, 0.1) is 12.2 Å². The Balaban J connectivity index is 1.44. The molecule has 0 radical (unpaired) electrons. The maximum atomic E-state index is 12.9. The molecule has 29 heavy (non-hydrogen) atoms. The van der Waals surface area contributed by atoms with Gasteiger partial charge in [-0.15, -0.1) is 0 Å². The first-order chi connectivity index (χ1) is 13.9. The van der Waals surface area contributed by atoms with E-state index in [1.807, 2.05) is 37.5 Å². The number of urea groups is 1. The molecule has 3 atom stereocenters. The van der Waals surface area contributed by atoms with Gasteiger partial charge in [-0.3, -0.25) is 15.0 Å². The number of quaternary nitrogens is 1. The highest BCUT2D eigenvalue weighted by molar-refractivity contribution is 6.08. The number of benzene rings is 1. The molecule has 2 aliphatic heterocycles. The van der Waals surface area contributed by atoms with Crippen LogP contribution in [-0.4, -0.2) is 40.5 Å². The monoisotopic (exact) mass is 396 g/mol. The summed E-state index contributed by atoms with van der Waals surface area (Å²) in [5, 5.41) is 3.50. The van der Waals surface area contributed by atoms with Gasteiger partial charge in [-0.2, -0.15) is 5.01 Å². The first kappa shape index (κ1) is 19.2. The molecule has 4 rings (SSSR count). The molecule has 0 bridgehead atoms. The van der Waals surface area contributed by atoms with Gasteiger partial charge in [0.1, 0.15) is 11.6 Å². The Morgan fingerprint density at radius 1 is 1.24 bits per heavy atom. The van der Waals surface area contributed by atoms with Gasteiger partial charge in [0.2, 0.25) is 0 Å². The smallest absolute Gasteiger partial charge is 0.344 e. The molecule has 1 aromatic carbocycles. The molecule has 8 nitrogen and oxygen atoms in total. The van der Waals surface area contributed by atoms with Crippen LogP contribution in [0.2, 0.25) is 0 Å². The minimum Gasteiger partial charge on any atom is -0.350 e. The predicted molar refractivity (Wildman–Crippen MR) is 105 cm³/mol. The molecule has 2 aliphatic rings. The number of likely N-dealkylation sites (tertiary alicyclic amines) is 1. The van der Waals surface area contributed by atoms with Crippen molar-refractivity contribution in [1.29, 1.82) is 0 Å². The van der Waals surface area contributed by atoms with Gasteiger partial charge in [0.15, 0.2) is 6.54 Å². The zero-order chi connectivity index (χ0) is 20.6. The maximum absolute atomic E-state index is 12.9. The van der Waals surface area contributed by atoms with E-state index in [4.69, 9.17) is 0 Å². The van der Waals surface area contributed by atoms with Gasteiger partial charge in [-0.05, 0) is 24.6 Å². The number of carbonyl (C=O) groups excluding carboxylic acids is 3. The van der Waals surface area contributed by atoms with E-state index in [9.17, 15) is 14.4 Å². The second-order valence-corrected chi connectivity index (χ2v) is 7.92. The van der Waals surface area contributed by atoms with E-state index in [-0.39, 0.29) is 18.5 Å². The summed E-state index contributed by atoms with van der Waals surface area (Å²) in [5.41, 5.74) is 3.18. The normalized spacial score (nSPS) is 26.6. The Hall–Kier alpha value is -3.13. The number of nitrogens with zero attached hydrogens (tertiary/aromatic N) is 2. The molecule has 3 N–H and O–H groups in total. The third-order valence-electron chi connectivity index (χ3n) is 5.99. The average molecular weight is 396 g/mol. The topological polar surface area (TPSA) is 87.9 Å². The van der Waals surface area contributed by atoms with Crippen molar-refractivity contribution in [2.45, 2.75) is 31.3 Å². The highest BCUT2D eigenvalue weighted by atomic mass is 16.2. The first-order valence-electron chi connectivity index (χ1n) is 9.87. The van der Waals surface area contributed by atoms with Gasteiger partial charge < -0.3 is 14.8 Å². The number of rotatable bonds is 5. The van der Waals surface area contributed by atoms with E-state index in [2.05, 4.69) is 21.4 Å². The number of aromatic nitrogens is 1. The van der Waals surface area contributed by atoms with E-state index < -0.39 is 17.5 Å². The lowest BCUT2D eigenvalue weighted by atomic mass is 9.92. The number of aryl methyl sites for hydroxylation is 1. The summed E-state index contributed by atoms with van der Waals surface area (Å²) in [7, 11) is 2.00. The molecule has 2 saturated heterocycles. The van der Waals surface area contributed by atoms with Crippen LogP contribution >= 0.6 is 0 Å². The van der Waals surface area contributed by atoms with E-state index in [1.165, 1.54) is 5.69 Å².